The Morgan fingerprint density at radius 1 is 0.905 bits per heavy atom. The molecule has 0 aliphatic heterocycles. The fourth-order valence-corrected chi connectivity index (χ4v) is 5.32. The first-order chi connectivity index (χ1) is 20.6. The molecule has 0 amide bonds. The number of thiazole rings is 1. The first-order valence-electron chi connectivity index (χ1n) is 13.8. The molecule has 3 aromatic heterocycles. The van der Waals surface area contributed by atoms with Gasteiger partial charge in [0.05, 0.1) is 16.8 Å². The molecule has 9 heteroatoms. The van der Waals surface area contributed by atoms with Crippen molar-refractivity contribution in [3.63, 3.8) is 0 Å². The quantitative estimate of drug-likeness (QED) is 0.140. The smallest absolute Gasteiger partial charge is 0.291 e. The summed E-state index contributed by atoms with van der Waals surface area (Å²) in [5.74, 6) is 2.05. The Balaban J connectivity index is 1.35. The van der Waals surface area contributed by atoms with Gasteiger partial charge in [-0.25, -0.2) is 4.68 Å². The molecule has 6 aromatic rings. The molecule has 0 spiro atoms. The third kappa shape index (κ3) is 5.73. The van der Waals surface area contributed by atoms with Crippen molar-refractivity contribution in [2.24, 2.45) is 0 Å². The molecular weight excluding hydrogens is 546 g/mol. The molecule has 0 saturated heterocycles. The van der Waals surface area contributed by atoms with E-state index in [1.165, 1.54) is 15.9 Å². The topological polar surface area (TPSA) is 83.5 Å². The van der Waals surface area contributed by atoms with Crippen LogP contribution in [-0.4, -0.2) is 37.6 Å². The summed E-state index contributed by atoms with van der Waals surface area (Å²) in [6, 6.07) is 25.2. The highest BCUT2D eigenvalue weighted by Gasteiger charge is 2.15. The van der Waals surface area contributed by atoms with Crippen LogP contribution in [0.5, 0.6) is 11.5 Å². The third-order valence-electron chi connectivity index (χ3n) is 6.61. The monoisotopic (exact) mass is 575 g/mol. The summed E-state index contributed by atoms with van der Waals surface area (Å²) in [7, 11) is 0. The van der Waals surface area contributed by atoms with Gasteiger partial charge in [0.1, 0.15) is 23.8 Å². The van der Waals surface area contributed by atoms with Crippen molar-refractivity contribution < 1.29 is 9.47 Å². The summed E-state index contributed by atoms with van der Waals surface area (Å²) in [4.78, 5) is 18.6. The average molecular weight is 576 g/mol. The predicted molar refractivity (Wildman–Crippen MR) is 166 cm³/mol. The highest BCUT2D eigenvalue weighted by Crippen LogP contribution is 2.27. The summed E-state index contributed by atoms with van der Waals surface area (Å²) in [5.41, 5.74) is 3.97. The van der Waals surface area contributed by atoms with E-state index in [1.54, 1.807) is 6.08 Å². The van der Waals surface area contributed by atoms with E-state index < -0.39 is 0 Å². The van der Waals surface area contributed by atoms with Crippen LogP contribution in [0.3, 0.4) is 0 Å². The minimum Gasteiger partial charge on any atom is -0.494 e. The number of hydrogen-bond donors (Lipinski definition) is 0. The number of hydrogen-bond acceptors (Lipinski definition) is 7. The lowest BCUT2D eigenvalue weighted by molar-refractivity contribution is 0.309. The van der Waals surface area contributed by atoms with Crippen LogP contribution in [0.2, 0.25) is 0 Å². The number of nitrogens with zero attached hydrogens (tertiary/aromatic N) is 5. The Hall–Kier alpha value is -5.02. The molecule has 0 aliphatic carbocycles. The molecule has 0 N–H and O–H groups in total. The molecule has 0 bridgehead atoms. The van der Waals surface area contributed by atoms with E-state index in [4.69, 9.17) is 14.6 Å². The van der Waals surface area contributed by atoms with E-state index in [9.17, 15) is 4.79 Å². The highest BCUT2D eigenvalue weighted by atomic mass is 32.1. The van der Waals surface area contributed by atoms with Crippen molar-refractivity contribution >= 4 is 22.4 Å². The molecule has 3 heterocycles. The molecule has 0 aliphatic rings. The zero-order valence-electron chi connectivity index (χ0n) is 23.1. The number of fused-ring (bicyclic) bond motifs is 1. The van der Waals surface area contributed by atoms with Crippen molar-refractivity contribution in [2.75, 3.05) is 13.2 Å². The zero-order valence-corrected chi connectivity index (χ0v) is 24.0. The van der Waals surface area contributed by atoms with Gasteiger partial charge < -0.3 is 9.47 Å². The van der Waals surface area contributed by atoms with Crippen molar-refractivity contribution in [1.82, 2.24) is 24.4 Å². The number of para-hydroxylation sites is 1. The average Bonchev–Trinajstić information content (AvgIpc) is 3.72. The van der Waals surface area contributed by atoms with Crippen LogP contribution in [0.15, 0.2) is 103 Å². The normalized spacial score (nSPS) is 11.7. The SMILES string of the molecule is C=CCOc1ccc(-c2nn(-c3ccccc3)cc2/C=c2\sc3nc(-c4ccc(OCCCC)cc4)nn3c2=O)cc1. The second-order valence-electron chi connectivity index (χ2n) is 9.61. The molecule has 3 aromatic carbocycles. The van der Waals surface area contributed by atoms with Gasteiger partial charge in [-0.05, 0) is 73.2 Å². The minimum absolute atomic E-state index is 0.222. The first-order valence-corrected chi connectivity index (χ1v) is 14.6. The predicted octanol–water partition coefficient (Wildman–Crippen LogP) is 5.96. The van der Waals surface area contributed by atoms with Crippen LogP contribution in [-0.2, 0) is 0 Å². The second-order valence-corrected chi connectivity index (χ2v) is 10.6. The largest absolute Gasteiger partial charge is 0.494 e. The lowest BCUT2D eigenvalue weighted by atomic mass is 10.1. The van der Waals surface area contributed by atoms with E-state index in [0.717, 1.165) is 52.4 Å². The summed E-state index contributed by atoms with van der Waals surface area (Å²) < 4.78 is 15.1. The molecule has 42 heavy (non-hydrogen) atoms. The lowest BCUT2D eigenvalue weighted by Gasteiger charge is -2.05. The van der Waals surface area contributed by atoms with E-state index >= 15 is 0 Å². The Kier molecular flexibility index (Phi) is 7.91. The molecule has 0 fully saturated rings. The first kappa shape index (κ1) is 27.2. The minimum atomic E-state index is -0.222. The molecule has 0 atom stereocenters. The molecule has 0 unspecified atom stereocenters. The maximum Gasteiger partial charge on any atom is 0.291 e. The van der Waals surface area contributed by atoms with Crippen LogP contribution >= 0.6 is 11.3 Å². The van der Waals surface area contributed by atoms with Crippen molar-refractivity contribution in [1.29, 1.82) is 0 Å². The zero-order chi connectivity index (χ0) is 28.9. The molecular formula is C33H29N5O3S. The van der Waals surface area contributed by atoms with E-state index in [1.807, 2.05) is 95.8 Å². The van der Waals surface area contributed by atoms with Gasteiger partial charge >= 0.3 is 0 Å². The van der Waals surface area contributed by atoms with Crippen LogP contribution < -0.4 is 19.6 Å². The van der Waals surface area contributed by atoms with Crippen molar-refractivity contribution in [2.45, 2.75) is 19.8 Å². The molecule has 8 nitrogen and oxygen atoms in total. The standard InChI is InChI=1S/C33H29N5O3S/c1-3-5-20-41-28-17-13-24(14-18-28)31-34-33-38(36-31)32(39)29(42-33)21-25-22-37(26-9-7-6-8-10-26)35-30(25)23-11-15-27(16-12-23)40-19-4-2/h4,6-18,21-22H,2-3,5,19-20H2,1H3/b29-21-. The number of benzene rings is 3. The summed E-state index contributed by atoms with van der Waals surface area (Å²) in [5, 5.41) is 9.40. The van der Waals surface area contributed by atoms with Gasteiger partial charge in [-0.3, -0.25) is 4.79 Å². The molecule has 0 saturated carbocycles. The Labute approximate surface area is 246 Å². The lowest BCUT2D eigenvalue weighted by Crippen LogP contribution is -2.23. The Morgan fingerprint density at radius 2 is 1.62 bits per heavy atom. The van der Waals surface area contributed by atoms with Gasteiger partial charge in [-0.1, -0.05) is 55.5 Å². The fraction of sp³-hybridized carbons (Fsp3) is 0.152. The Morgan fingerprint density at radius 3 is 2.31 bits per heavy atom. The highest BCUT2D eigenvalue weighted by molar-refractivity contribution is 7.15. The Bertz CT molecular complexity index is 1920. The van der Waals surface area contributed by atoms with E-state index in [-0.39, 0.29) is 5.56 Å². The number of unbranched alkanes of at least 4 members (excludes halogenated alkanes) is 1. The van der Waals surface area contributed by atoms with Crippen LogP contribution in [0.1, 0.15) is 25.3 Å². The van der Waals surface area contributed by atoms with E-state index in [0.29, 0.717) is 28.5 Å². The summed E-state index contributed by atoms with van der Waals surface area (Å²) in [6.45, 7) is 6.95. The maximum absolute atomic E-state index is 13.4. The number of ether oxygens (including phenoxy) is 2. The van der Waals surface area contributed by atoms with Gasteiger partial charge in [-0.15, -0.1) is 5.10 Å². The number of aromatic nitrogens is 5. The van der Waals surface area contributed by atoms with Crippen LogP contribution in [0, 0.1) is 0 Å². The van der Waals surface area contributed by atoms with Crippen LogP contribution in [0.4, 0.5) is 0 Å². The van der Waals surface area contributed by atoms with Crippen molar-refractivity contribution in [3.05, 3.63) is 118 Å². The maximum atomic E-state index is 13.4. The molecule has 6 rings (SSSR count). The van der Waals surface area contributed by atoms with Crippen molar-refractivity contribution in [3.8, 4) is 39.8 Å². The van der Waals surface area contributed by atoms with Gasteiger partial charge in [0.25, 0.3) is 5.56 Å². The van der Waals surface area contributed by atoms with Gasteiger partial charge in [0, 0.05) is 22.9 Å². The van der Waals surface area contributed by atoms with Gasteiger partial charge in [0.15, 0.2) is 5.82 Å². The van der Waals surface area contributed by atoms with Crippen LogP contribution in [0.25, 0.3) is 39.4 Å². The fourth-order valence-electron chi connectivity index (χ4n) is 4.43. The third-order valence-corrected chi connectivity index (χ3v) is 7.57. The number of rotatable bonds is 11. The van der Waals surface area contributed by atoms with E-state index in [2.05, 4.69) is 23.6 Å². The second kappa shape index (κ2) is 12.2. The van der Waals surface area contributed by atoms with Gasteiger partial charge in [-0.2, -0.15) is 14.6 Å². The summed E-state index contributed by atoms with van der Waals surface area (Å²) in [6.07, 6.45) is 7.59. The van der Waals surface area contributed by atoms with Gasteiger partial charge in [0.2, 0.25) is 4.96 Å². The molecule has 210 valence electrons. The molecule has 0 radical (unpaired) electrons. The summed E-state index contributed by atoms with van der Waals surface area (Å²) >= 11 is 1.30.